The van der Waals surface area contributed by atoms with E-state index in [0.717, 1.165) is 22.4 Å². The molecule has 3 rings (SSSR count). The van der Waals surface area contributed by atoms with Crippen molar-refractivity contribution in [2.24, 2.45) is 5.73 Å². The monoisotopic (exact) mass is 520 g/mol. The summed E-state index contributed by atoms with van der Waals surface area (Å²) in [7, 11) is 0. The Morgan fingerprint density at radius 3 is 2.38 bits per heavy atom. The van der Waals surface area contributed by atoms with Gasteiger partial charge in [-0.2, -0.15) is 11.8 Å². The number of pyridine rings is 1. The maximum atomic E-state index is 13.2. The molecule has 0 unspecified atom stereocenters. The second kappa shape index (κ2) is 14.2. The number of aromatic nitrogens is 1. The summed E-state index contributed by atoms with van der Waals surface area (Å²) < 4.78 is 0. The zero-order chi connectivity index (χ0) is 26.6. The van der Waals surface area contributed by atoms with E-state index in [1.165, 1.54) is 11.8 Å². The van der Waals surface area contributed by atoms with Crippen LogP contribution in [0.5, 0.6) is 0 Å². The molecule has 5 N–H and O–H groups in total. The lowest BCUT2D eigenvalue weighted by Crippen LogP contribution is -2.49. The van der Waals surface area contributed by atoms with E-state index in [1.54, 1.807) is 6.20 Å². The first-order valence-electron chi connectivity index (χ1n) is 12.0. The fourth-order valence-corrected chi connectivity index (χ4v) is 4.76. The minimum absolute atomic E-state index is 0.0134. The lowest BCUT2D eigenvalue weighted by Gasteiger charge is -2.22. The van der Waals surface area contributed by atoms with Gasteiger partial charge >= 0.3 is 5.97 Å². The summed E-state index contributed by atoms with van der Waals surface area (Å²) in [6, 6.07) is 21.1. The van der Waals surface area contributed by atoms with Gasteiger partial charge in [0, 0.05) is 29.7 Å². The third-order valence-electron chi connectivity index (χ3n) is 5.81. The Morgan fingerprint density at radius 2 is 1.68 bits per heavy atom. The summed E-state index contributed by atoms with van der Waals surface area (Å²) in [5.74, 6) is -0.942. The average molecular weight is 521 g/mol. The molecule has 194 valence electrons. The highest BCUT2D eigenvalue weighted by Crippen LogP contribution is 2.25. The van der Waals surface area contributed by atoms with E-state index in [4.69, 9.17) is 10.8 Å². The number of hydrogen-bond donors (Lipinski definition) is 4. The average Bonchev–Trinajstić information content (AvgIpc) is 2.92. The molecule has 9 heteroatoms. The van der Waals surface area contributed by atoms with E-state index < -0.39 is 24.0 Å². The maximum Gasteiger partial charge on any atom is 0.320 e. The molecule has 0 aliphatic rings. The molecule has 2 amide bonds. The molecule has 0 radical (unpaired) electrons. The highest BCUT2D eigenvalue weighted by Gasteiger charge is 2.24. The van der Waals surface area contributed by atoms with Gasteiger partial charge in [-0.25, -0.2) is 0 Å². The van der Waals surface area contributed by atoms with E-state index in [0.29, 0.717) is 11.5 Å². The van der Waals surface area contributed by atoms with Crippen molar-refractivity contribution in [2.45, 2.75) is 43.6 Å². The van der Waals surface area contributed by atoms with Crippen LogP contribution in [0.2, 0.25) is 0 Å². The highest BCUT2D eigenvalue weighted by atomic mass is 32.2. The molecule has 0 aliphatic heterocycles. The van der Waals surface area contributed by atoms with Crippen LogP contribution in [0.4, 0.5) is 0 Å². The second-order valence-corrected chi connectivity index (χ2v) is 9.66. The normalized spacial score (nSPS) is 13.2. The number of thioether (sulfide) groups is 1. The van der Waals surface area contributed by atoms with Crippen LogP contribution < -0.4 is 16.4 Å². The fraction of sp³-hybridized carbons (Fsp3) is 0.286. The third kappa shape index (κ3) is 8.73. The lowest BCUT2D eigenvalue weighted by molar-refractivity contribution is -0.138. The number of nitrogens with two attached hydrogens (primary N) is 1. The van der Waals surface area contributed by atoms with E-state index in [1.807, 2.05) is 79.7 Å². The largest absolute Gasteiger partial charge is 0.480 e. The van der Waals surface area contributed by atoms with Gasteiger partial charge in [0.25, 0.3) is 0 Å². The molecule has 0 bridgehead atoms. The number of nitrogens with one attached hydrogen (secondary N) is 2. The molecule has 0 spiro atoms. The SMILES string of the molecule is C[C@H](NC(=O)[C@H](CSCc1ccccc1-c1ccccn1)NC(=O)CC[C@H](N)C(=O)O)c1ccccc1. The van der Waals surface area contributed by atoms with Crippen LogP contribution >= 0.6 is 11.8 Å². The molecular weight excluding hydrogens is 488 g/mol. The number of aliphatic carboxylic acids is 1. The van der Waals surface area contributed by atoms with E-state index in [-0.39, 0.29) is 24.8 Å². The first kappa shape index (κ1) is 27.9. The Hall–Kier alpha value is -3.69. The predicted octanol–water partition coefficient (Wildman–Crippen LogP) is 3.54. The van der Waals surface area contributed by atoms with Crippen molar-refractivity contribution in [3.05, 3.63) is 90.1 Å². The zero-order valence-electron chi connectivity index (χ0n) is 20.7. The fourth-order valence-electron chi connectivity index (χ4n) is 3.70. The van der Waals surface area contributed by atoms with Crippen molar-refractivity contribution in [2.75, 3.05) is 5.75 Å². The van der Waals surface area contributed by atoms with Gasteiger partial charge in [0.15, 0.2) is 0 Å². The van der Waals surface area contributed by atoms with Crippen LogP contribution in [0.25, 0.3) is 11.3 Å². The summed E-state index contributed by atoms with van der Waals surface area (Å²) in [4.78, 5) is 41.1. The van der Waals surface area contributed by atoms with Crippen molar-refractivity contribution in [3.63, 3.8) is 0 Å². The number of carboxylic acids is 1. The molecule has 37 heavy (non-hydrogen) atoms. The Labute approximate surface area is 221 Å². The Morgan fingerprint density at radius 1 is 0.973 bits per heavy atom. The predicted molar refractivity (Wildman–Crippen MR) is 146 cm³/mol. The molecule has 1 aromatic heterocycles. The molecule has 8 nitrogen and oxygen atoms in total. The topological polar surface area (TPSA) is 134 Å². The minimum Gasteiger partial charge on any atom is -0.480 e. The summed E-state index contributed by atoms with van der Waals surface area (Å²) in [5, 5.41) is 14.7. The van der Waals surface area contributed by atoms with Crippen LogP contribution in [0.3, 0.4) is 0 Å². The quantitative estimate of drug-likeness (QED) is 0.271. The maximum absolute atomic E-state index is 13.2. The van der Waals surface area contributed by atoms with Crippen molar-refractivity contribution < 1.29 is 19.5 Å². The summed E-state index contributed by atoms with van der Waals surface area (Å²) >= 11 is 1.52. The van der Waals surface area contributed by atoms with Crippen molar-refractivity contribution in [1.82, 2.24) is 15.6 Å². The number of carbonyl (C=O) groups is 3. The number of nitrogens with zero attached hydrogens (tertiary/aromatic N) is 1. The standard InChI is InChI=1S/C28H32N4O4S/c1-19(20-9-3-2-4-10-20)31-27(34)25(32-26(33)15-14-23(29)28(35)36)18-37-17-21-11-5-6-12-22(21)24-13-7-8-16-30-24/h2-13,16,19,23,25H,14-15,17-18,29H2,1H3,(H,31,34)(H,32,33)(H,35,36)/t19-,23-,25-/m0/s1. The first-order valence-corrected chi connectivity index (χ1v) is 13.2. The third-order valence-corrected chi connectivity index (χ3v) is 6.89. The molecule has 3 atom stereocenters. The molecule has 0 fully saturated rings. The van der Waals surface area contributed by atoms with Gasteiger partial charge in [0.05, 0.1) is 11.7 Å². The molecule has 0 saturated carbocycles. The molecule has 0 aliphatic carbocycles. The van der Waals surface area contributed by atoms with Crippen LogP contribution in [0.1, 0.15) is 36.9 Å². The van der Waals surface area contributed by atoms with Crippen molar-refractivity contribution in [1.29, 1.82) is 0 Å². The zero-order valence-corrected chi connectivity index (χ0v) is 21.5. The van der Waals surface area contributed by atoms with E-state index >= 15 is 0 Å². The van der Waals surface area contributed by atoms with E-state index in [2.05, 4.69) is 15.6 Å². The van der Waals surface area contributed by atoms with Gasteiger partial charge in [-0.15, -0.1) is 0 Å². The van der Waals surface area contributed by atoms with Gasteiger partial charge in [-0.3, -0.25) is 19.4 Å². The minimum atomic E-state index is -1.17. The van der Waals surface area contributed by atoms with Crippen LogP contribution in [-0.4, -0.2) is 45.7 Å². The molecular formula is C28H32N4O4S. The van der Waals surface area contributed by atoms with Gasteiger partial charge in [0.2, 0.25) is 11.8 Å². The molecule has 1 heterocycles. The Bertz CT molecular complexity index is 1180. The number of carboxylic acid groups (broad SMARTS) is 1. The molecule has 0 saturated heterocycles. The van der Waals surface area contributed by atoms with Crippen LogP contribution in [0.15, 0.2) is 79.0 Å². The number of rotatable bonds is 13. The highest BCUT2D eigenvalue weighted by molar-refractivity contribution is 7.98. The van der Waals surface area contributed by atoms with Gasteiger partial charge < -0.3 is 21.5 Å². The van der Waals surface area contributed by atoms with Gasteiger partial charge in [-0.05, 0) is 36.6 Å². The molecule has 2 aromatic carbocycles. The van der Waals surface area contributed by atoms with Crippen molar-refractivity contribution >= 4 is 29.5 Å². The Balaban J connectivity index is 1.67. The number of carbonyl (C=O) groups excluding carboxylic acids is 2. The van der Waals surface area contributed by atoms with Gasteiger partial charge in [-0.1, -0.05) is 60.7 Å². The lowest BCUT2D eigenvalue weighted by atomic mass is 10.1. The van der Waals surface area contributed by atoms with Crippen LogP contribution in [-0.2, 0) is 20.1 Å². The smallest absolute Gasteiger partial charge is 0.320 e. The number of hydrogen-bond acceptors (Lipinski definition) is 6. The first-order chi connectivity index (χ1) is 17.8. The number of amides is 2. The Kier molecular flexibility index (Phi) is 10.7. The van der Waals surface area contributed by atoms with Crippen molar-refractivity contribution in [3.8, 4) is 11.3 Å². The summed E-state index contributed by atoms with van der Waals surface area (Å²) in [5.41, 5.74) is 9.43. The summed E-state index contributed by atoms with van der Waals surface area (Å²) in [6.07, 6.45) is 1.65. The van der Waals surface area contributed by atoms with Crippen LogP contribution in [0, 0.1) is 0 Å². The van der Waals surface area contributed by atoms with Gasteiger partial charge in [0.1, 0.15) is 12.1 Å². The molecule has 3 aromatic rings. The van der Waals surface area contributed by atoms with E-state index in [9.17, 15) is 14.4 Å². The number of benzene rings is 2. The second-order valence-electron chi connectivity index (χ2n) is 8.63. The summed E-state index contributed by atoms with van der Waals surface area (Å²) in [6.45, 7) is 1.88.